The Hall–Kier alpha value is -3.23. The molecule has 0 saturated heterocycles. The minimum Gasteiger partial charge on any atom is -0.354 e. The van der Waals surface area contributed by atoms with E-state index in [1.54, 1.807) is 24.8 Å². The van der Waals surface area contributed by atoms with E-state index in [1.807, 2.05) is 18.2 Å². The number of aromatic amines is 1. The monoisotopic (exact) mass is 358 g/mol. The molecule has 0 saturated carbocycles. The van der Waals surface area contributed by atoms with Crippen LogP contribution in [-0.2, 0) is 0 Å². The lowest BCUT2D eigenvalue weighted by atomic mass is 10.1. The van der Waals surface area contributed by atoms with Crippen LogP contribution in [0.4, 0.5) is 19.1 Å². The number of halogens is 3. The summed E-state index contributed by atoms with van der Waals surface area (Å²) in [5, 5.41) is 3.36. The van der Waals surface area contributed by atoms with E-state index in [1.165, 1.54) is 0 Å². The molecule has 3 aromatic heterocycles. The Balaban J connectivity index is 1.62. The fourth-order valence-corrected chi connectivity index (χ4v) is 2.68. The van der Waals surface area contributed by atoms with Gasteiger partial charge in [0.05, 0.1) is 17.5 Å². The molecule has 0 radical (unpaired) electrons. The molecule has 0 unspecified atom stereocenters. The second kappa shape index (κ2) is 6.25. The van der Waals surface area contributed by atoms with Crippen LogP contribution in [0.25, 0.3) is 33.2 Å². The maximum Gasteiger partial charge on any atom is 0.390 e. The molecule has 9 heteroatoms. The van der Waals surface area contributed by atoms with Gasteiger partial charge < -0.3 is 10.3 Å². The molecule has 4 aromatic rings. The molecule has 0 aliphatic heterocycles. The summed E-state index contributed by atoms with van der Waals surface area (Å²) < 4.78 is 36.7. The van der Waals surface area contributed by atoms with Crippen molar-refractivity contribution in [1.82, 2.24) is 24.9 Å². The highest BCUT2D eigenvalue weighted by Crippen LogP contribution is 2.29. The number of hydrogen-bond donors (Lipinski definition) is 2. The molecular weight excluding hydrogens is 345 g/mol. The van der Waals surface area contributed by atoms with Gasteiger partial charge in [0.25, 0.3) is 0 Å². The minimum atomic E-state index is -4.21. The van der Waals surface area contributed by atoms with Gasteiger partial charge in [-0.2, -0.15) is 18.2 Å². The highest BCUT2D eigenvalue weighted by Gasteiger charge is 2.26. The molecule has 4 rings (SSSR count). The van der Waals surface area contributed by atoms with Gasteiger partial charge in [0, 0.05) is 42.3 Å². The SMILES string of the molecule is FC(F)(F)CCNc1ncc2c(-c3ccc4nccnc4c3)c[nH]c2n1. The fraction of sp³-hybridized carbons (Fsp3) is 0.176. The average Bonchev–Trinajstić information content (AvgIpc) is 3.03. The van der Waals surface area contributed by atoms with Crippen LogP contribution in [0.5, 0.6) is 0 Å². The van der Waals surface area contributed by atoms with Gasteiger partial charge in [0.1, 0.15) is 5.65 Å². The number of alkyl halides is 3. The zero-order valence-electron chi connectivity index (χ0n) is 13.4. The molecule has 0 amide bonds. The van der Waals surface area contributed by atoms with Crippen LogP contribution in [0, 0.1) is 0 Å². The highest BCUT2D eigenvalue weighted by molar-refractivity contribution is 5.95. The highest BCUT2D eigenvalue weighted by atomic mass is 19.4. The number of H-pyrrole nitrogens is 1. The zero-order chi connectivity index (χ0) is 18.1. The van der Waals surface area contributed by atoms with Crippen molar-refractivity contribution in [3.63, 3.8) is 0 Å². The van der Waals surface area contributed by atoms with E-state index in [9.17, 15) is 13.2 Å². The molecule has 0 aliphatic rings. The van der Waals surface area contributed by atoms with Crippen LogP contribution >= 0.6 is 0 Å². The molecule has 3 heterocycles. The van der Waals surface area contributed by atoms with Crippen molar-refractivity contribution < 1.29 is 13.2 Å². The summed E-state index contributed by atoms with van der Waals surface area (Å²) >= 11 is 0. The summed E-state index contributed by atoms with van der Waals surface area (Å²) in [6.07, 6.45) is 1.48. The second-order valence-electron chi connectivity index (χ2n) is 5.71. The molecule has 0 atom stereocenters. The van der Waals surface area contributed by atoms with Crippen molar-refractivity contribution in [3.8, 4) is 11.1 Å². The summed E-state index contributed by atoms with van der Waals surface area (Å²) in [6.45, 7) is -0.272. The Morgan fingerprint density at radius 3 is 2.65 bits per heavy atom. The van der Waals surface area contributed by atoms with Gasteiger partial charge in [-0.25, -0.2) is 4.98 Å². The Labute approximate surface area is 145 Å². The minimum absolute atomic E-state index is 0.152. The van der Waals surface area contributed by atoms with Crippen molar-refractivity contribution in [2.45, 2.75) is 12.6 Å². The van der Waals surface area contributed by atoms with Crippen LogP contribution < -0.4 is 5.32 Å². The van der Waals surface area contributed by atoms with E-state index in [0.29, 0.717) is 5.65 Å². The number of benzene rings is 1. The van der Waals surface area contributed by atoms with Gasteiger partial charge in [0.15, 0.2) is 0 Å². The Morgan fingerprint density at radius 1 is 1.04 bits per heavy atom. The molecule has 132 valence electrons. The topological polar surface area (TPSA) is 79.4 Å². The lowest BCUT2D eigenvalue weighted by Gasteiger charge is -2.07. The standard InChI is InChI=1S/C17H13F3N6/c18-17(19,20)3-4-23-16-25-9-12-11(8-24-15(12)26-16)10-1-2-13-14(7-10)22-6-5-21-13/h1-2,5-9H,3-4H2,(H2,23,24,25,26). The number of rotatable bonds is 4. The van der Waals surface area contributed by atoms with Gasteiger partial charge in [-0.05, 0) is 17.7 Å². The fourth-order valence-electron chi connectivity index (χ4n) is 2.68. The number of aromatic nitrogens is 5. The van der Waals surface area contributed by atoms with E-state index in [0.717, 1.165) is 27.5 Å². The maximum absolute atomic E-state index is 12.2. The van der Waals surface area contributed by atoms with Gasteiger partial charge in [0.2, 0.25) is 5.95 Å². The smallest absolute Gasteiger partial charge is 0.354 e. The van der Waals surface area contributed by atoms with Crippen molar-refractivity contribution in [2.75, 3.05) is 11.9 Å². The zero-order valence-corrected chi connectivity index (χ0v) is 13.4. The number of nitrogens with zero attached hydrogens (tertiary/aromatic N) is 4. The third-order valence-corrected chi connectivity index (χ3v) is 3.90. The van der Waals surface area contributed by atoms with Crippen molar-refractivity contribution in [1.29, 1.82) is 0 Å². The van der Waals surface area contributed by atoms with Crippen LogP contribution in [0.1, 0.15) is 6.42 Å². The molecule has 26 heavy (non-hydrogen) atoms. The molecule has 2 N–H and O–H groups in total. The first kappa shape index (κ1) is 16.2. The predicted octanol–water partition coefficient (Wildman–Crippen LogP) is 3.93. The number of fused-ring (bicyclic) bond motifs is 2. The van der Waals surface area contributed by atoms with Crippen LogP contribution in [0.15, 0.2) is 43.0 Å². The maximum atomic E-state index is 12.2. The first-order valence-corrected chi connectivity index (χ1v) is 7.85. The number of anilines is 1. The van der Waals surface area contributed by atoms with E-state index < -0.39 is 12.6 Å². The molecule has 0 bridgehead atoms. The first-order valence-electron chi connectivity index (χ1n) is 7.85. The van der Waals surface area contributed by atoms with E-state index in [4.69, 9.17) is 0 Å². The summed E-state index contributed by atoms with van der Waals surface area (Å²) in [7, 11) is 0. The van der Waals surface area contributed by atoms with Gasteiger partial charge in [-0.1, -0.05) is 6.07 Å². The average molecular weight is 358 g/mol. The molecule has 0 spiro atoms. The van der Waals surface area contributed by atoms with Gasteiger partial charge >= 0.3 is 6.18 Å². The Morgan fingerprint density at radius 2 is 1.85 bits per heavy atom. The molecule has 1 aromatic carbocycles. The van der Waals surface area contributed by atoms with Crippen molar-refractivity contribution >= 4 is 28.0 Å². The van der Waals surface area contributed by atoms with Crippen molar-refractivity contribution in [2.24, 2.45) is 0 Å². The Bertz CT molecular complexity index is 1070. The summed E-state index contributed by atoms with van der Waals surface area (Å²) in [6, 6.07) is 5.72. The first-order chi connectivity index (χ1) is 12.5. The van der Waals surface area contributed by atoms with Crippen LogP contribution in [0.2, 0.25) is 0 Å². The summed E-state index contributed by atoms with van der Waals surface area (Å²) in [5.74, 6) is 0.152. The number of hydrogen-bond acceptors (Lipinski definition) is 5. The lowest BCUT2D eigenvalue weighted by molar-refractivity contribution is -0.131. The third kappa shape index (κ3) is 3.28. The van der Waals surface area contributed by atoms with E-state index in [-0.39, 0.29) is 12.5 Å². The predicted molar refractivity (Wildman–Crippen MR) is 91.6 cm³/mol. The van der Waals surface area contributed by atoms with Crippen molar-refractivity contribution in [3.05, 3.63) is 43.0 Å². The van der Waals surface area contributed by atoms with E-state index >= 15 is 0 Å². The quantitative estimate of drug-likeness (QED) is 0.578. The van der Waals surface area contributed by atoms with Crippen LogP contribution in [-0.4, -0.2) is 37.6 Å². The lowest BCUT2D eigenvalue weighted by Crippen LogP contribution is -2.15. The van der Waals surface area contributed by atoms with E-state index in [2.05, 4.69) is 30.2 Å². The molecular formula is C17H13F3N6. The normalized spacial score (nSPS) is 12.0. The Kier molecular flexibility index (Phi) is 3.90. The molecule has 6 nitrogen and oxygen atoms in total. The largest absolute Gasteiger partial charge is 0.390 e. The van der Waals surface area contributed by atoms with Gasteiger partial charge in [-0.3, -0.25) is 9.97 Å². The third-order valence-electron chi connectivity index (χ3n) is 3.90. The van der Waals surface area contributed by atoms with Crippen LogP contribution in [0.3, 0.4) is 0 Å². The van der Waals surface area contributed by atoms with Gasteiger partial charge in [-0.15, -0.1) is 0 Å². The molecule has 0 fully saturated rings. The second-order valence-corrected chi connectivity index (χ2v) is 5.71. The summed E-state index contributed by atoms with van der Waals surface area (Å²) in [4.78, 5) is 19.9. The number of nitrogens with one attached hydrogen (secondary N) is 2. The molecule has 0 aliphatic carbocycles. The summed E-state index contributed by atoms with van der Waals surface area (Å²) in [5.41, 5.74) is 3.91.